The lowest BCUT2D eigenvalue weighted by Gasteiger charge is -2.11. The van der Waals surface area contributed by atoms with Gasteiger partial charge in [0.2, 0.25) is 5.95 Å². The van der Waals surface area contributed by atoms with Gasteiger partial charge in [-0.05, 0) is 35.0 Å². The van der Waals surface area contributed by atoms with Crippen molar-refractivity contribution in [3.63, 3.8) is 0 Å². The van der Waals surface area contributed by atoms with Crippen molar-refractivity contribution in [2.45, 2.75) is 6.92 Å². The lowest BCUT2D eigenvalue weighted by atomic mass is 10.1. The second-order valence-corrected chi connectivity index (χ2v) is 7.00. The molecule has 0 atom stereocenters. The minimum absolute atomic E-state index is 0.0756. The van der Waals surface area contributed by atoms with Crippen molar-refractivity contribution < 1.29 is 14.5 Å². The number of pyridine rings is 2. The number of ether oxygens (including phenoxy) is 1. The Balaban J connectivity index is 1.69. The molecule has 3 aromatic heterocycles. The molecule has 31 heavy (non-hydrogen) atoms. The van der Waals surface area contributed by atoms with Crippen LogP contribution in [0.15, 0.2) is 47.5 Å². The number of nitrogens with zero attached hydrogens (tertiary/aromatic N) is 5. The maximum Gasteiger partial charge on any atom is 0.341 e. The maximum atomic E-state index is 12.3. The second-order valence-electron chi connectivity index (χ2n) is 6.08. The first-order valence-electron chi connectivity index (χ1n) is 9.21. The summed E-state index contributed by atoms with van der Waals surface area (Å²) in [7, 11) is 0. The molecular formula is C19H18BrN7O4. The summed E-state index contributed by atoms with van der Waals surface area (Å²) in [5, 5.41) is 16.8. The van der Waals surface area contributed by atoms with Crippen molar-refractivity contribution in [2.24, 2.45) is 0 Å². The lowest BCUT2D eigenvalue weighted by Crippen LogP contribution is -2.17. The topological polar surface area (TPSA) is 145 Å². The van der Waals surface area contributed by atoms with E-state index < -0.39 is 10.9 Å². The molecule has 0 aromatic carbocycles. The van der Waals surface area contributed by atoms with Crippen LogP contribution in [0.3, 0.4) is 0 Å². The smallest absolute Gasteiger partial charge is 0.341 e. The van der Waals surface area contributed by atoms with Crippen LogP contribution in [-0.2, 0) is 4.74 Å². The van der Waals surface area contributed by atoms with E-state index in [9.17, 15) is 14.9 Å². The van der Waals surface area contributed by atoms with Crippen LogP contribution >= 0.6 is 15.9 Å². The number of nitrogens with one attached hydrogen (secondary N) is 2. The summed E-state index contributed by atoms with van der Waals surface area (Å²) in [6.07, 6.45) is 5.83. The van der Waals surface area contributed by atoms with Crippen molar-refractivity contribution >= 4 is 39.4 Å². The summed E-state index contributed by atoms with van der Waals surface area (Å²) >= 11 is 3.37. The molecular weight excluding hydrogens is 470 g/mol. The summed E-state index contributed by atoms with van der Waals surface area (Å²) in [6.45, 7) is 2.86. The zero-order valence-electron chi connectivity index (χ0n) is 16.4. The van der Waals surface area contributed by atoms with E-state index >= 15 is 0 Å². The quantitative estimate of drug-likeness (QED) is 0.199. The van der Waals surface area contributed by atoms with Crippen LogP contribution in [-0.4, -0.2) is 50.5 Å². The second kappa shape index (κ2) is 10.4. The molecule has 0 spiro atoms. The molecule has 0 amide bonds. The highest BCUT2D eigenvalue weighted by atomic mass is 79.9. The van der Waals surface area contributed by atoms with Crippen LogP contribution in [0, 0.1) is 10.1 Å². The van der Waals surface area contributed by atoms with Crippen LogP contribution < -0.4 is 10.6 Å². The highest BCUT2D eigenvalue weighted by Gasteiger charge is 2.18. The zero-order valence-corrected chi connectivity index (χ0v) is 18.0. The average Bonchev–Trinajstić information content (AvgIpc) is 2.77. The Bertz CT molecular complexity index is 1080. The van der Waals surface area contributed by atoms with Gasteiger partial charge in [0.1, 0.15) is 17.6 Å². The molecule has 0 unspecified atom stereocenters. The first kappa shape index (κ1) is 22.0. The van der Waals surface area contributed by atoms with E-state index in [1.165, 1.54) is 24.5 Å². The Kier molecular flexibility index (Phi) is 7.38. The molecule has 160 valence electrons. The number of anilines is 2. The molecule has 0 saturated heterocycles. The molecule has 0 aliphatic heterocycles. The fourth-order valence-electron chi connectivity index (χ4n) is 2.55. The number of esters is 1. The van der Waals surface area contributed by atoms with Gasteiger partial charge in [0.05, 0.1) is 17.2 Å². The number of nitro groups is 1. The van der Waals surface area contributed by atoms with E-state index in [-0.39, 0.29) is 17.9 Å². The third kappa shape index (κ3) is 5.92. The Morgan fingerprint density at radius 3 is 2.65 bits per heavy atom. The number of carbonyl (C=O) groups is 1. The molecule has 0 bridgehead atoms. The lowest BCUT2D eigenvalue weighted by molar-refractivity contribution is -0.385. The van der Waals surface area contributed by atoms with Crippen LogP contribution in [0.5, 0.6) is 0 Å². The van der Waals surface area contributed by atoms with Crippen molar-refractivity contribution in [3.05, 3.63) is 63.1 Å². The number of hydrogen-bond acceptors (Lipinski definition) is 10. The third-order valence-corrected chi connectivity index (χ3v) is 4.37. The van der Waals surface area contributed by atoms with Gasteiger partial charge in [0.15, 0.2) is 0 Å². The van der Waals surface area contributed by atoms with Crippen molar-refractivity contribution in [1.82, 2.24) is 19.9 Å². The van der Waals surface area contributed by atoms with E-state index in [1.54, 1.807) is 25.4 Å². The summed E-state index contributed by atoms with van der Waals surface area (Å²) < 4.78 is 5.84. The number of halogens is 1. The van der Waals surface area contributed by atoms with Gasteiger partial charge in [-0.15, -0.1) is 0 Å². The van der Waals surface area contributed by atoms with E-state index in [0.29, 0.717) is 36.1 Å². The highest BCUT2D eigenvalue weighted by molar-refractivity contribution is 9.10. The van der Waals surface area contributed by atoms with Crippen molar-refractivity contribution in [1.29, 1.82) is 0 Å². The van der Waals surface area contributed by atoms with Crippen molar-refractivity contribution in [3.8, 4) is 11.3 Å². The molecule has 2 N–H and O–H groups in total. The molecule has 0 aliphatic carbocycles. The minimum Gasteiger partial charge on any atom is -0.462 e. The van der Waals surface area contributed by atoms with Gasteiger partial charge >= 0.3 is 5.97 Å². The van der Waals surface area contributed by atoms with E-state index in [1.807, 2.05) is 0 Å². The number of aromatic nitrogens is 4. The van der Waals surface area contributed by atoms with Gasteiger partial charge in [0.25, 0.3) is 5.69 Å². The minimum atomic E-state index is -0.519. The summed E-state index contributed by atoms with van der Waals surface area (Å²) in [6, 6.07) is 4.70. The first-order chi connectivity index (χ1) is 15.0. The Morgan fingerprint density at radius 2 is 1.97 bits per heavy atom. The Labute approximate surface area is 185 Å². The predicted molar refractivity (Wildman–Crippen MR) is 117 cm³/mol. The van der Waals surface area contributed by atoms with Gasteiger partial charge in [0, 0.05) is 47.8 Å². The number of hydrogen-bond donors (Lipinski definition) is 2. The highest BCUT2D eigenvalue weighted by Crippen LogP contribution is 2.25. The summed E-state index contributed by atoms with van der Waals surface area (Å²) in [5.41, 5.74) is 1.19. The standard InChI is InChI=1S/C19H18BrN7O4/c1-2-31-18(28)15-11-25-19(26-17(15)12-7-13(20)9-21-8-12)23-6-5-22-16-4-3-14(10-24-16)27(29)30/h3-4,7-11H,2,5-6H2,1H3,(H,22,24)(H,23,25,26). The molecule has 3 heterocycles. The summed E-state index contributed by atoms with van der Waals surface area (Å²) in [4.78, 5) is 39.2. The molecule has 11 nitrogen and oxygen atoms in total. The maximum absolute atomic E-state index is 12.3. The predicted octanol–water partition coefficient (Wildman–Crippen LogP) is 3.31. The van der Waals surface area contributed by atoms with Crippen molar-refractivity contribution in [2.75, 3.05) is 30.3 Å². The normalized spacial score (nSPS) is 10.4. The van der Waals surface area contributed by atoms with Gasteiger partial charge in [-0.3, -0.25) is 15.1 Å². The first-order valence-corrected chi connectivity index (χ1v) is 10.0. The molecule has 0 fully saturated rings. The number of carbonyl (C=O) groups excluding carboxylic acids is 1. The largest absolute Gasteiger partial charge is 0.462 e. The van der Waals surface area contributed by atoms with Crippen LogP contribution in [0.4, 0.5) is 17.5 Å². The van der Waals surface area contributed by atoms with Gasteiger partial charge in [-0.25, -0.2) is 19.7 Å². The summed E-state index contributed by atoms with van der Waals surface area (Å²) in [5.74, 6) is 0.309. The van der Waals surface area contributed by atoms with Gasteiger partial charge < -0.3 is 15.4 Å². The number of rotatable bonds is 9. The molecule has 3 rings (SSSR count). The van der Waals surface area contributed by atoms with Crippen LogP contribution in [0.2, 0.25) is 0 Å². The monoisotopic (exact) mass is 487 g/mol. The zero-order chi connectivity index (χ0) is 22.2. The fraction of sp³-hybridized carbons (Fsp3) is 0.211. The molecule has 3 aromatic rings. The third-order valence-electron chi connectivity index (χ3n) is 3.94. The molecule has 0 radical (unpaired) electrons. The fourth-order valence-corrected chi connectivity index (χ4v) is 2.91. The van der Waals surface area contributed by atoms with E-state index in [4.69, 9.17) is 4.74 Å². The SMILES string of the molecule is CCOC(=O)c1cnc(NCCNc2ccc([N+](=O)[O-])cn2)nc1-c1cncc(Br)c1. The molecule has 0 saturated carbocycles. The van der Waals surface area contributed by atoms with Gasteiger partial charge in [-0.1, -0.05) is 0 Å². The molecule has 12 heteroatoms. The van der Waals surface area contributed by atoms with Gasteiger partial charge in [-0.2, -0.15) is 0 Å². The molecule has 0 aliphatic rings. The Hall–Kier alpha value is -3.67. The average molecular weight is 488 g/mol. The Morgan fingerprint density at radius 1 is 1.16 bits per heavy atom. The van der Waals surface area contributed by atoms with E-state index in [0.717, 1.165) is 4.47 Å². The van der Waals surface area contributed by atoms with E-state index in [2.05, 4.69) is 46.5 Å². The van der Waals surface area contributed by atoms with Crippen LogP contribution in [0.1, 0.15) is 17.3 Å². The van der Waals surface area contributed by atoms with Crippen LogP contribution in [0.25, 0.3) is 11.3 Å².